The van der Waals surface area contributed by atoms with Crippen molar-refractivity contribution in [3.05, 3.63) is 28.5 Å². The molecule has 0 aromatic carbocycles. The Balaban J connectivity index is 2.85. The van der Waals surface area contributed by atoms with E-state index in [0.29, 0.717) is 5.33 Å². The van der Waals surface area contributed by atoms with Crippen molar-refractivity contribution in [2.45, 2.75) is 0 Å². The van der Waals surface area contributed by atoms with Crippen LogP contribution in [0, 0.1) is 0 Å². The van der Waals surface area contributed by atoms with E-state index in [1.165, 1.54) is 13.2 Å². The number of methoxy groups -OCH3 is 1. The molecule has 0 amide bonds. The molecule has 1 rings (SSSR count). The van der Waals surface area contributed by atoms with Gasteiger partial charge in [-0.25, -0.2) is 4.79 Å². The van der Waals surface area contributed by atoms with Gasteiger partial charge in [0.2, 0.25) is 0 Å². The molecule has 0 N–H and O–H groups in total. The van der Waals surface area contributed by atoms with Gasteiger partial charge in [0, 0.05) is 11.4 Å². The van der Waals surface area contributed by atoms with Gasteiger partial charge in [0.15, 0.2) is 0 Å². The number of carbonyl (C=O) groups excluding carboxylic acids is 1. The number of hydrogen-bond donors (Lipinski definition) is 0. The molecule has 0 aliphatic carbocycles. The van der Waals surface area contributed by atoms with Crippen molar-refractivity contribution < 1.29 is 9.53 Å². The van der Waals surface area contributed by atoms with Crippen LogP contribution in [0.2, 0.25) is 0 Å². The molecule has 1 aromatic rings. The zero-order chi connectivity index (χ0) is 9.68. The average Bonchev–Trinajstić information content (AvgIpc) is 2.66. The summed E-state index contributed by atoms with van der Waals surface area (Å²) in [6, 6.07) is 1.97. The Morgan fingerprint density at radius 2 is 2.54 bits per heavy atom. The Labute approximate surface area is 89.3 Å². The maximum absolute atomic E-state index is 11.0. The minimum absolute atomic E-state index is 0.319. The first-order valence-electron chi connectivity index (χ1n) is 3.65. The molecule has 0 saturated carbocycles. The van der Waals surface area contributed by atoms with E-state index in [2.05, 4.69) is 20.7 Å². The van der Waals surface area contributed by atoms with Crippen molar-refractivity contribution in [3.8, 4) is 0 Å². The molecule has 70 valence electrons. The molecule has 4 heteroatoms. The first kappa shape index (κ1) is 10.5. The zero-order valence-corrected chi connectivity index (χ0v) is 9.52. The third-order valence-electron chi connectivity index (χ3n) is 1.53. The minimum Gasteiger partial charge on any atom is -0.466 e. The van der Waals surface area contributed by atoms with Crippen LogP contribution < -0.4 is 0 Å². The quantitative estimate of drug-likeness (QED) is 0.475. The van der Waals surface area contributed by atoms with Crippen LogP contribution >= 0.6 is 27.3 Å². The normalized spacial score (nSPS) is 11.4. The summed E-state index contributed by atoms with van der Waals surface area (Å²) in [5, 5.41) is 4.62. The molecule has 0 fully saturated rings. The summed E-state index contributed by atoms with van der Waals surface area (Å²) >= 11 is 4.93. The second-order valence-corrected chi connectivity index (χ2v) is 3.68. The van der Waals surface area contributed by atoms with Gasteiger partial charge < -0.3 is 4.74 Å². The first-order chi connectivity index (χ1) is 6.27. The molecule has 0 radical (unpaired) electrons. The van der Waals surface area contributed by atoms with Crippen molar-refractivity contribution in [2.24, 2.45) is 0 Å². The predicted octanol–water partition coefficient (Wildman–Crippen LogP) is 2.70. The number of allylic oxidation sites excluding steroid dienone is 1. The monoisotopic (exact) mass is 260 g/mol. The molecule has 2 nitrogen and oxygen atoms in total. The standard InChI is InChI=1S/C9H9BrO2S/c1-12-9(11)4-8(5-10)7-2-3-13-6-7/h2-4,6H,5H2,1H3/b8-4+. The number of alkyl halides is 1. The summed E-state index contributed by atoms with van der Waals surface area (Å²) < 4.78 is 4.55. The molecule has 13 heavy (non-hydrogen) atoms. The van der Waals surface area contributed by atoms with Gasteiger partial charge in [0.25, 0.3) is 0 Å². The van der Waals surface area contributed by atoms with Gasteiger partial charge in [-0.2, -0.15) is 11.3 Å². The number of carbonyl (C=O) groups is 1. The van der Waals surface area contributed by atoms with Gasteiger partial charge in [-0.15, -0.1) is 0 Å². The summed E-state index contributed by atoms with van der Waals surface area (Å²) in [5.41, 5.74) is 2.00. The molecule has 1 aromatic heterocycles. The largest absolute Gasteiger partial charge is 0.466 e. The molecule has 0 saturated heterocycles. The lowest BCUT2D eigenvalue weighted by molar-refractivity contribution is -0.134. The number of esters is 1. The zero-order valence-electron chi connectivity index (χ0n) is 7.12. The highest BCUT2D eigenvalue weighted by Gasteiger charge is 2.03. The van der Waals surface area contributed by atoms with Crippen LogP contribution in [0.4, 0.5) is 0 Å². The van der Waals surface area contributed by atoms with E-state index in [9.17, 15) is 4.79 Å². The lowest BCUT2D eigenvalue weighted by Crippen LogP contribution is -1.97. The number of rotatable bonds is 3. The fourth-order valence-electron chi connectivity index (χ4n) is 0.847. The van der Waals surface area contributed by atoms with Crippen LogP contribution in [-0.2, 0) is 9.53 Å². The smallest absolute Gasteiger partial charge is 0.330 e. The van der Waals surface area contributed by atoms with Gasteiger partial charge in [-0.3, -0.25) is 0 Å². The highest BCUT2D eigenvalue weighted by atomic mass is 79.9. The molecule has 0 unspecified atom stereocenters. The third-order valence-corrected chi connectivity index (χ3v) is 2.82. The molecule has 0 atom stereocenters. The van der Waals surface area contributed by atoms with Crippen molar-refractivity contribution >= 4 is 38.8 Å². The number of hydrogen-bond acceptors (Lipinski definition) is 3. The second-order valence-electron chi connectivity index (χ2n) is 2.34. The van der Waals surface area contributed by atoms with E-state index >= 15 is 0 Å². The molecule has 0 aliphatic rings. The fourth-order valence-corrected chi connectivity index (χ4v) is 2.01. The number of halogens is 1. The topological polar surface area (TPSA) is 26.3 Å². The first-order valence-corrected chi connectivity index (χ1v) is 5.71. The molecule has 0 aliphatic heterocycles. The molecular formula is C9H9BrO2S. The molecule has 1 heterocycles. The van der Waals surface area contributed by atoms with Gasteiger partial charge >= 0.3 is 5.97 Å². The van der Waals surface area contributed by atoms with Crippen molar-refractivity contribution in [1.29, 1.82) is 0 Å². The van der Waals surface area contributed by atoms with E-state index in [4.69, 9.17) is 0 Å². The third kappa shape index (κ3) is 2.97. The summed E-state index contributed by atoms with van der Waals surface area (Å²) in [5.74, 6) is -0.319. The highest BCUT2D eigenvalue weighted by Crippen LogP contribution is 2.19. The van der Waals surface area contributed by atoms with Crippen LogP contribution in [-0.4, -0.2) is 18.4 Å². The van der Waals surface area contributed by atoms with Crippen molar-refractivity contribution in [2.75, 3.05) is 12.4 Å². The molecular weight excluding hydrogens is 252 g/mol. The van der Waals surface area contributed by atoms with Crippen LogP contribution in [0.1, 0.15) is 5.56 Å². The molecule has 0 bridgehead atoms. The van der Waals surface area contributed by atoms with E-state index in [0.717, 1.165) is 11.1 Å². The minimum atomic E-state index is -0.319. The summed E-state index contributed by atoms with van der Waals surface area (Å²) in [4.78, 5) is 11.0. The van der Waals surface area contributed by atoms with Gasteiger partial charge in [-0.05, 0) is 28.0 Å². The lowest BCUT2D eigenvalue weighted by Gasteiger charge is -1.99. The Kier molecular flexibility index (Phi) is 4.18. The van der Waals surface area contributed by atoms with Crippen molar-refractivity contribution in [1.82, 2.24) is 0 Å². The Bertz CT molecular complexity index is 303. The average molecular weight is 261 g/mol. The van der Waals surface area contributed by atoms with E-state index in [1.54, 1.807) is 11.3 Å². The van der Waals surface area contributed by atoms with E-state index < -0.39 is 0 Å². The SMILES string of the molecule is COC(=O)/C=C(\CBr)c1ccsc1. The summed E-state index contributed by atoms with van der Waals surface area (Å²) in [6.07, 6.45) is 1.50. The maximum atomic E-state index is 11.0. The van der Waals surface area contributed by atoms with Gasteiger partial charge in [0.1, 0.15) is 0 Å². The second kappa shape index (κ2) is 5.19. The number of thiophene rings is 1. The van der Waals surface area contributed by atoms with E-state index in [-0.39, 0.29) is 5.97 Å². The van der Waals surface area contributed by atoms with Crippen LogP contribution in [0.15, 0.2) is 22.9 Å². The Hall–Kier alpha value is -0.610. The van der Waals surface area contributed by atoms with Crippen LogP contribution in [0.5, 0.6) is 0 Å². The fraction of sp³-hybridized carbons (Fsp3) is 0.222. The molecule has 0 spiro atoms. The lowest BCUT2D eigenvalue weighted by atomic mass is 10.1. The van der Waals surface area contributed by atoms with Gasteiger partial charge in [-0.1, -0.05) is 15.9 Å². The Morgan fingerprint density at radius 1 is 1.77 bits per heavy atom. The van der Waals surface area contributed by atoms with Crippen molar-refractivity contribution in [3.63, 3.8) is 0 Å². The van der Waals surface area contributed by atoms with E-state index in [1.807, 2.05) is 16.8 Å². The Morgan fingerprint density at radius 3 is 3.00 bits per heavy atom. The van der Waals surface area contributed by atoms with Crippen LogP contribution in [0.3, 0.4) is 0 Å². The maximum Gasteiger partial charge on any atom is 0.330 e. The summed E-state index contributed by atoms with van der Waals surface area (Å²) in [7, 11) is 1.37. The van der Waals surface area contributed by atoms with Crippen LogP contribution in [0.25, 0.3) is 5.57 Å². The van der Waals surface area contributed by atoms with Gasteiger partial charge in [0.05, 0.1) is 7.11 Å². The predicted molar refractivity (Wildman–Crippen MR) is 58.1 cm³/mol. The number of ether oxygens (including phenoxy) is 1. The summed E-state index contributed by atoms with van der Waals surface area (Å²) in [6.45, 7) is 0. The highest BCUT2D eigenvalue weighted by molar-refractivity contribution is 9.09.